The number of nitrogens with zero attached hydrogens (tertiary/aromatic N) is 3. The molecular formula is C9H9N3. The molecule has 3 rings (SSSR count). The number of aromatic nitrogens is 3. The lowest BCUT2D eigenvalue weighted by molar-refractivity contribution is 1.07. The average Bonchev–Trinajstić information content (AvgIpc) is 2.82. The second kappa shape index (κ2) is 2.06. The van der Waals surface area contributed by atoms with Gasteiger partial charge in [-0.05, 0) is 24.8 Å². The molecule has 1 fully saturated rings. The lowest BCUT2D eigenvalue weighted by Crippen LogP contribution is -1.88. The van der Waals surface area contributed by atoms with Gasteiger partial charge in [-0.3, -0.25) is 4.40 Å². The topological polar surface area (TPSA) is 30.2 Å². The van der Waals surface area contributed by atoms with Gasteiger partial charge in [0.05, 0.1) is 0 Å². The summed E-state index contributed by atoms with van der Waals surface area (Å²) >= 11 is 0. The molecule has 1 aliphatic carbocycles. The molecule has 2 aromatic rings. The van der Waals surface area contributed by atoms with Crippen LogP contribution in [0.15, 0.2) is 24.7 Å². The van der Waals surface area contributed by atoms with Crippen LogP contribution >= 0.6 is 0 Å². The standard InChI is InChI=1S/C9H9N3/c1-2-8(7-3-4-7)9-11-10-6-12(9)5-1/h1-2,5-7H,3-4H2. The van der Waals surface area contributed by atoms with Crippen LogP contribution in [-0.4, -0.2) is 14.6 Å². The Kier molecular flexibility index (Phi) is 1.06. The van der Waals surface area contributed by atoms with Crippen molar-refractivity contribution in [2.75, 3.05) is 0 Å². The summed E-state index contributed by atoms with van der Waals surface area (Å²) in [5.41, 5.74) is 2.38. The maximum atomic E-state index is 4.09. The predicted molar refractivity (Wildman–Crippen MR) is 45.0 cm³/mol. The number of hydrogen-bond acceptors (Lipinski definition) is 2. The second-order valence-electron chi connectivity index (χ2n) is 3.30. The molecule has 1 saturated carbocycles. The molecule has 2 aromatic heterocycles. The molecule has 0 aliphatic heterocycles. The molecule has 12 heavy (non-hydrogen) atoms. The van der Waals surface area contributed by atoms with Crippen molar-refractivity contribution >= 4 is 5.65 Å². The third-order valence-corrected chi connectivity index (χ3v) is 2.37. The Labute approximate surface area is 70.0 Å². The van der Waals surface area contributed by atoms with Crippen molar-refractivity contribution in [3.63, 3.8) is 0 Å². The van der Waals surface area contributed by atoms with E-state index in [0.29, 0.717) is 0 Å². The summed E-state index contributed by atoms with van der Waals surface area (Å²) in [7, 11) is 0. The Morgan fingerprint density at radius 2 is 2.33 bits per heavy atom. The maximum absolute atomic E-state index is 4.09. The van der Waals surface area contributed by atoms with Crippen LogP contribution in [0.2, 0.25) is 0 Å². The van der Waals surface area contributed by atoms with Gasteiger partial charge >= 0.3 is 0 Å². The third kappa shape index (κ3) is 0.763. The Bertz CT molecular complexity index is 414. The molecule has 0 unspecified atom stereocenters. The van der Waals surface area contributed by atoms with E-state index < -0.39 is 0 Å². The monoisotopic (exact) mass is 159 g/mol. The predicted octanol–water partition coefficient (Wildman–Crippen LogP) is 1.61. The van der Waals surface area contributed by atoms with Gasteiger partial charge in [0.15, 0.2) is 5.65 Å². The van der Waals surface area contributed by atoms with Gasteiger partial charge in [-0.1, -0.05) is 6.07 Å². The number of rotatable bonds is 1. The van der Waals surface area contributed by atoms with E-state index in [1.54, 1.807) is 6.33 Å². The smallest absolute Gasteiger partial charge is 0.164 e. The van der Waals surface area contributed by atoms with Crippen molar-refractivity contribution in [3.05, 3.63) is 30.2 Å². The van der Waals surface area contributed by atoms with Gasteiger partial charge in [0, 0.05) is 11.8 Å². The van der Waals surface area contributed by atoms with Gasteiger partial charge in [0.2, 0.25) is 0 Å². The minimum absolute atomic E-state index is 0.748. The minimum atomic E-state index is 0.748. The highest BCUT2D eigenvalue weighted by molar-refractivity contribution is 5.49. The normalized spacial score (nSPS) is 17.0. The van der Waals surface area contributed by atoms with E-state index in [1.807, 2.05) is 10.6 Å². The van der Waals surface area contributed by atoms with Crippen LogP contribution in [0.3, 0.4) is 0 Å². The van der Waals surface area contributed by atoms with Crippen molar-refractivity contribution in [3.8, 4) is 0 Å². The molecule has 0 bridgehead atoms. The summed E-state index contributed by atoms with van der Waals surface area (Å²) in [5, 5.41) is 7.98. The lowest BCUT2D eigenvalue weighted by atomic mass is 10.2. The van der Waals surface area contributed by atoms with Crippen molar-refractivity contribution in [1.29, 1.82) is 0 Å². The van der Waals surface area contributed by atoms with Crippen LogP contribution in [0.4, 0.5) is 0 Å². The first-order chi connectivity index (χ1) is 5.95. The molecule has 0 N–H and O–H groups in total. The molecule has 0 aromatic carbocycles. The molecule has 0 atom stereocenters. The number of pyridine rings is 1. The number of hydrogen-bond donors (Lipinski definition) is 0. The average molecular weight is 159 g/mol. The van der Waals surface area contributed by atoms with Gasteiger partial charge in [-0.15, -0.1) is 10.2 Å². The van der Waals surface area contributed by atoms with E-state index in [4.69, 9.17) is 0 Å². The van der Waals surface area contributed by atoms with Crippen LogP contribution in [0.5, 0.6) is 0 Å². The third-order valence-electron chi connectivity index (χ3n) is 2.37. The molecule has 3 heteroatoms. The SMILES string of the molecule is c1cc(C2CC2)c2nncn2c1. The highest BCUT2D eigenvalue weighted by Gasteiger charge is 2.26. The fraction of sp³-hybridized carbons (Fsp3) is 0.333. The first-order valence-electron chi connectivity index (χ1n) is 4.23. The van der Waals surface area contributed by atoms with E-state index in [9.17, 15) is 0 Å². The summed E-state index contributed by atoms with van der Waals surface area (Å²) in [6, 6.07) is 4.21. The summed E-state index contributed by atoms with van der Waals surface area (Å²) in [6.07, 6.45) is 6.36. The quantitative estimate of drug-likeness (QED) is 0.632. The summed E-state index contributed by atoms with van der Waals surface area (Å²) in [4.78, 5) is 0. The van der Waals surface area contributed by atoms with E-state index in [0.717, 1.165) is 11.6 Å². The largest absolute Gasteiger partial charge is 0.289 e. The highest BCUT2D eigenvalue weighted by Crippen LogP contribution is 2.41. The fourth-order valence-electron chi connectivity index (χ4n) is 1.59. The molecule has 60 valence electrons. The molecular weight excluding hydrogens is 150 g/mol. The van der Waals surface area contributed by atoms with E-state index in [1.165, 1.54) is 18.4 Å². The van der Waals surface area contributed by atoms with Gasteiger partial charge in [-0.25, -0.2) is 0 Å². The Morgan fingerprint density at radius 3 is 3.17 bits per heavy atom. The van der Waals surface area contributed by atoms with Gasteiger partial charge < -0.3 is 0 Å². The van der Waals surface area contributed by atoms with Gasteiger partial charge in [0.1, 0.15) is 6.33 Å². The molecule has 1 aliphatic rings. The fourth-order valence-corrected chi connectivity index (χ4v) is 1.59. The molecule has 2 heterocycles. The Hall–Kier alpha value is -1.38. The van der Waals surface area contributed by atoms with Crippen molar-refractivity contribution in [2.24, 2.45) is 0 Å². The molecule has 0 saturated heterocycles. The maximum Gasteiger partial charge on any atom is 0.164 e. The Balaban J connectivity index is 2.32. The van der Waals surface area contributed by atoms with Crippen molar-refractivity contribution in [2.45, 2.75) is 18.8 Å². The zero-order chi connectivity index (χ0) is 7.97. The first-order valence-corrected chi connectivity index (χ1v) is 4.23. The van der Waals surface area contributed by atoms with Crippen LogP contribution in [-0.2, 0) is 0 Å². The number of fused-ring (bicyclic) bond motifs is 1. The molecule has 3 nitrogen and oxygen atoms in total. The van der Waals surface area contributed by atoms with Gasteiger partial charge in [0.25, 0.3) is 0 Å². The van der Waals surface area contributed by atoms with Crippen molar-refractivity contribution < 1.29 is 0 Å². The van der Waals surface area contributed by atoms with Crippen LogP contribution in [0, 0.1) is 0 Å². The van der Waals surface area contributed by atoms with Crippen LogP contribution in [0.1, 0.15) is 24.3 Å². The zero-order valence-corrected chi connectivity index (χ0v) is 6.64. The van der Waals surface area contributed by atoms with E-state index in [-0.39, 0.29) is 0 Å². The lowest BCUT2D eigenvalue weighted by Gasteiger charge is -1.98. The Morgan fingerprint density at radius 1 is 1.42 bits per heavy atom. The summed E-state index contributed by atoms with van der Waals surface area (Å²) < 4.78 is 1.98. The van der Waals surface area contributed by atoms with E-state index in [2.05, 4.69) is 22.3 Å². The first kappa shape index (κ1) is 6.17. The zero-order valence-electron chi connectivity index (χ0n) is 6.64. The van der Waals surface area contributed by atoms with Crippen molar-refractivity contribution in [1.82, 2.24) is 14.6 Å². The van der Waals surface area contributed by atoms with Crippen LogP contribution < -0.4 is 0 Å². The molecule has 0 radical (unpaired) electrons. The van der Waals surface area contributed by atoms with Crippen LogP contribution in [0.25, 0.3) is 5.65 Å². The van der Waals surface area contributed by atoms with Gasteiger partial charge in [-0.2, -0.15) is 0 Å². The summed E-state index contributed by atoms with van der Waals surface area (Å²) in [5.74, 6) is 0.748. The molecule has 0 amide bonds. The second-order valence-corrected chi connectivity index (χ2v) is 3.30. The summed E-state index contributed by atoms with van der Waals surface area (Å²) in [6.45, 7) is 0. The minimum Gasteiger partial charge on any atom is -0.289 e. The highest BCUT2D eigenvalue weighted by atomic mass is 15.2. The molecule has 0 spiro atoms. The van der Waals surface area contributed by atoms with E-state index >= 15 is 0 Å².